The maximum absolute atomic E-state index is 5.73. The maximum Gasteiger partial charge on any atom is 0.0522 e. The third-order valence-electron chi connectivity index (χ3n) is 2.76. The van der Waals surface area contributed by atoms with Gasteiger partial charge in [0, 0.05) is 31.7 Å². The lowest BCUT2D eigenvalue weighted by molar-refractivity contribution is 0.225. The van der Waals surface area contributed by atoms with Crippen molar-refractivity contribution < 1.29 is 0 Å². The Balaban J connectivity index is 2.37. The fourth-order valence-corrected chi connectivity index (χ4v) is 1.88. The first-order valence-electron chi connectivity index (χ1n) is 5.91. The Morgan fingerprint density at radius 2 is 2.19 bits per heavy atom. The van der Waals surface area contributed by atoms with Crippen LogP contribution < -0.4 is 0 Å². The molecule has 0 saturated carbocycles. The summed E-state index contributed by atoms with van der Waals surface area (Å²) in [5.74, 6) is 0.746. The minimum atomic E-state index is 0.583. The zero-order valence-electron chi connectivity index (χ0n) is 10.5. The van der Waals surface area contributed by atoms with Gasteiger partial charge < -0.3 is 4.90 Å². The van der Waals surface area contributed by atoms with E-state index in [1.54, 1.807) is 0 Å². The molecule has 0 N–H and O–H groups in total. The monoisotopic (exact) mass is 243 g/mol. The summed E-state index contributed by atoms with van der Waals surface area (Å²) in [5, 5.41) is 4.18. The molecule has 0 spiro atoms. The van der Waals surface area contributed by atoms with Crippen molar-refractivity contribution in [2.75, 3.05) is 19.0 Å². The van der Waals surface area contributed by atoms with Gasteiger partial charge in [-0.3, -0.25) is 4.68 Å². The van der Waals surface area contributed by atoms with Crippen molar-refractivity contribution >= 4 is 11.6 Å². The van der Waals surface area contributed by atoms with Crippen molar-refractivity contribution in [3.05, 3.63) is 18.0 Å². The zero-order chi connectivity index (χ0) is 12.0. The van der Waals surface area contributed by atoms with Gasteiger partial charge in [0.15, 0.2) is 0 Å². The summed E-state index contributed by atoms with van der Waals surface area (Å²) in [6.45, 7) is 6.64. The molecule has 1 aromatic rings. The lowest BCUT2D eigenvalue weighted by Crippen LogP contribution is -2.33. The molecule has 3 nitrogen and oxygen atoms in total. The van der Waals surface area contributed by atoms with Crippen molar-refractivity contribution in [2.45, 2.75) is 32.7 Å². The lowest BCUT2D eigenvalue weighted by atomic mass is 10.2. The van der Waals surface area contributed by atoms with Crippen LogP contribution in [-0.2, 0) is 13.5 Å². The van der Waals surface area contributed by atoms with Gasteiger partial charge in [0.1, 0.15) is 0 Å². The molecule has 1 heterocycles. The SMILES string of the molecule is CC(C)N(CCCCl)CCc1cnn(C)c1. The van der Waals surface area contributed by atoms with Crippen LogP contribution in [-0.4, -0.2) is 39.7 Å². The molecule has 0 unspecified atom stereocenters. The molecule has 0 atom stereocenters. The second-order valence-corrected chi connectivity index (χ2v) is 4.82. The topological polar surface area (TPSA) is 21.1 Å². The summed E-state index contributed by atoms with van der Waals surface area (Å²) in [4.78, 5) is 2.47. The fourth-order valence-electron chi connectivity index (χ4n) is 1.76. The average molecular weight is 244 g/mol. The minimum Gasteiger partial charge on any atom is -0.301 e. The van der Waals surface area contributed by atoms with Gasteiger partial charge in [-0.1, -0.05) is 0 Å². The van der Waals surface area contributed by atoms with Gasteiger partial charge in [0.25, 0.3) is 0 Å². The molecule has 0 amide bonds. The van der Waals surface area contributed by atoms with E-state index in [1.165, 1.54) is 5.56 Å². The lowest BCUT2D eigenvalue weighted by Gasteiger charge is -2.25. The second-order valence-electron chi connectivity index (χ2n) is 4.44. The number of nitrogens with zero attached hydrogens (tertiary/aromatic N) is 3. The summed E-state index contributed by atoms with van der Waals surface area (Å²) >= 11 is 5.73. The first kappa shape index (κ1) is 13.5. The van der Waals surface area contributed by atoms with Crippen LogP contribution in [0.4, 0.5) is 0 Å². The third kappa shape index (κ3) is 4.54. The van der Waals surface area contributed by atoms with E-state index in [1.807, 2.05) is 17.9 Å². The summed E-state index contributed by atoms with van der Waals surface area (Å²) in [6, 6.07) is 0.583. The number of rotatable bonds is 7. The number of aryl methyl sites for hydroxylation is 1. The molecule has 92 valence electrons. The third-order valence-corrected chi connectivity index (χ3v) is 3.02. The summed E-state index contributed by atoms with van der Waals surface area (Å²) < 4.78 is 1.85. The van der Waals surface area contributed by atoms with E-state index < -0.39 is 0 Å². The van der Waals surface area contributed by atoms with Crippen LogP contribution in [0.5, 0.6) is 0 Å². The molecular formula is C12H22ClN3. The predicted octanol–water partition coefficient (Wildman–Crippen LogP) is 2.30. The highest BCUT2D eigenvalue weighted by atomic mass is 35.5. The average Bonchev–Trinajstić information content (AvgIpc) is 2.64. The molecule has 1 rings (SSSR count). The van der Waals surface area contributed by atoms with E-state index in [0.29, 0.717) is 6.04 Å². The molecule has 0 aliphatic rings. The largest absolute Gasteiger partial charge is 0.301 e. The van der Waals surface area contributed by atoms with E-state index in [0.717, 1.165) is 31.8 Å². The molecule has 4 heteroatoms. The fraction of sp³-hybridized carbons (Fsp3) is 0.750. The highest BCUT2D eigenvalue weighted by Crippen LogP contribution is 2.05. The number of alkyl halides is 1. The number of aromatic nitrogens is 2. The normalized spacial score (nSPS) is 11.6. The standard InChI is InChI=1S/C12H22ClN3/c1-11(2)16(7-4-6-13)8-5-12-9-14-15(3)10-12/h9-11H,4-8H2,1-3H3. The maximum atomic E-state index is 5.73. The quantitative estimate of drug-likeness (QED) is 0.686. The van der Waals surface area contributed by atoms with Crippen molar-refractivity contribution in [2.24, 2.45) is 7.05 Å². The van der Waals surface area contributed by atoms with Gasteiger partial charge in [0.2, 0.25) is 0 Å². The Hall–Kier alpha value is -0.540. The molecule has 0 fully saturated rings. The van der Waals surface area contributed by atoms with E-state index in [2.05, 4.69) is 30.0 Å². The smallest absolute Gasteiger partial charge is 0.0522 e. The van der Waals surface area contributed by atoms with E-state index in [9.17, 15) is 0 Å². The highest BCUT2D eigenvalue weighted by molar-refractivity contribution is 6.17. The predicted molar refractivity (Wildman–Crippen MR) is 69.0 cm³/mol. The van der Waals surface area contributed by atoms with Crippen LogP contribution in [0.15, 0.2) is 12.4 Å². The Morgan fingerprint density at radius 1 is 1.44 bits per heavy atom. The van der Waals surface area contributed by atoms with Crippen LogP contribution in [0.1, 0.15) is 25.8 Å². The summed E-state index contributed by atoms with van der Waals surface area (Å²) in [7, 11) is 1.96. The van der Waals surface area contributed by atoms with Gasteiger partial charge in [-0.2, -0.15) is 5.10 Å². The Kier molecular flexibility index (Phi) is 5.85. The van der Waals surface area contributed by atoms with Gasteiger partial charge in [-0.25, -0.2) is 0 Å². The molecule has 0 aliphatic heterocycles. The molecule has 0 bridgehead atoms. The van der Waals surface area contributed by atoms with Crippen molar-refractivity contribution in [1.82, 2.24) is 14.7 Å². The Bertz CT molecular complexity index is 296. The van der Waals surface area contributed by atoms with Crippen LogP contribution in [0, 0.1) is 0 Å². The molecule has 16 heavy (non-hydrogen) atoms. The van der Waals surface area contributed by atoms with Crippen LogP contribution in [0.25, 0.3) is 0 Å². The highest BCUT2D eigenvalue weighted by Gasteiger charge is 2.09. The molecule has 0 saturated heterocycles. The number of hydrogen-bond donors (Lipinski definition) is 0. The van der Waals surface area contributed by atoms with Gasteiger partial charge in [-0.05, 0) is 38.8 Å². The van der Waals surface area contributed by atoms with E-state index in [4.69, 9.17) is 11.6 Å². The van der Waals surface area contributed by atoms with Crippen LogP contribution in [0.3, 0.4) is 0 Å². The minimum absolute atomic E-state index is 0.583. The second kappa shape index (κ2) is 6.92. The first-order chi connectivity index (χ1) is 7.63. The Morgan fingerprint density at radius 3 is 2.69 bits per heavy atom. The molecule has 0 aromatic carbocycles. The number of halogens is 1. The first-order valence-corrected chi connectivity index (χ1v) is 6.44. The van der Waals surface area contributed by atoms with Gasteiger partial charge in [-0.15, -0.1) is 11.6 Å². The van der Waals surface area contributed by atoms with E-state index >= 15 is 0 Å². The molecule has 0 aliphatic carbocycles. The van der Waals surface area contributed by atoms with E-state index in [-0.39, 0.29) is 0 Å². The molecule has 0 radical (unpaired) electrons. The van der Waals surface area contributed by atoms with Gasteiger partial charge >= 0.3 is 0 Å². The molecular weight excluding hydrogens is 222 g/mol. The van der Waals surface area contributed by atoms with Crippen LogP contribution >= 0.6 is 11.6 Å². The molecule has 1 aromatic heterocycles. The Labute approximate surface area is 103 Å². The zero-order valence-corrected chi connectivity index (χ0v) is 11.2. The van der Waals surface area contributed by atoms with Gasteiger partial charge in [0.05, 0.1) is 6.20 Å². The van der Waals surface area contributed by atoms with Crippen LogP contribution in [0.2, 0.25) is 0 Å². The summed E-state index contributed by atoms with van der Waals surface area (Å²) in [6.07, 6.45) is 6.15. The van der Waals surface area contributed by atoms with Crippen molar-refractivity contribution in [1.29, 1.82) is 0 Å². The number of hydrogen-bond acceptors (Lipinski definition) is 2. The van der Waals surface area contributed by atoms with Crippen molar-refractivity contribution in [3.8, 4) is 0 Å². The van der Waals surface area contributed by atoms with Crippen molar-refractivity contribution in [3.63, 3.8) is 0 Å². The summed E-state index contributed by atoms with van der Waals surface area (Å²) in [5.41, 5.74) is 1.30.